The lowest BCUT2D eigenvalue weighted by Gasteiger charge is -1.91. The predicted octanol–water partition coefficient (Wildman–Crippen LogP) is 1.99. The average Bonchev–Trinajstić information content (AvgIpc) is 2.31. The van der Waals surface area contributed by atoms with Crippen LogP contribution in [0.5, 0.6) is 0 Å². The van der Waals surface area contributed by atoms with Crippen molar-refractivity contribution in [3.63, 3.8) is 0 Å². The summed E-state index contributed by atoms with van der Waals surface area (Å²) in [6, 6.07) is 0. The zero-order valence-corrected chi connectivity index (χ0v) is 7.57. The highest BCUT2D eigenvalue weighted by molar-refractivity contribution is 7.80. The van der Waals surface area contributed by atoms with Gasteiger partial charge in [0, 0.05) is 24.5 Å². The first kappa shape index (κ1) is 7.61. The fourth-order valence-corrected chi connectivity index (χ4v) is 1.25. The molecular weight excluding hydrogens is 170 g/mol. The van der Waals surface area contributed by atoms with E-state index < -0.39 is 0 Å². The van der Waals surface area contributed by atoms with Crippen LogP contribution in [0.25, 0.3) is 6.20 Å². The van der Waals surface area contributed by atoms with Crippen LogP contribution in [0, 0.1) is 5.92 Å². The van der Waals surface area contributed by atoms with E-state index in [1.807, 2.05) is 23.2 Å². The summed E-state index contributed by atoms with van der Waals surface area (Å²) in [5, 5.41) is 0.696. The molecule has 12 heavy (non-hydrogen) atoms. The maximum atomic E-state index is 4.20. The molecule has 0 saturated carbocycles. The van der Waals surface area contributed by atoms with Gasteiger partial charge in [0.25, 0.3) is 0 Å². The van der Waals surface area contributed by atoms with Crippen LogP contribution < -0.4 is 0 Å². The molecule has 3 nitrogen and oxygen atoms in total. The van der Waals surface area contributed by atoms with Crippen LogP contribution in [0.4, 0.5) is 5.95 Å². The van der Waals surface area contributed by atoms with Gasteiger partial charge in [0.05, 0.1) is 0 Å². The summed E-state index contributed by atoms with van der Waals surface area (Å²) in [5.74, 6) is 1.07. The first-order chi connectivity index (χ1) is 5.75. The second-order valence-corrected chi connectivity index (χ2v) is 3.24. The van der Waals surface area contributed by atoms with E-state index in [1.54, 1.807) is 0 Å². The minimum atomic E-state index is 0.370. The third kappa shape index (κ3) is 1.30. The molecule has 0 radical (unpaired) electrons. The van der Waals surface area contributed by atoms with E-state index in [2.05, 4.69) is 35.6 Å². The SMILES string of the molecule is CC1C=Cn2cc(S)nc2N=C1. The van der Waals surface area contributed by atoms with Crippen LogP contribution in [0.3, 0.4) is 0 Å². The number of nitrogens with zero attached hydrogens (tertiary/aromatic N) is 3. The Morgan fingerprint density at radius 3 is 3.25 bits per heavy atom. The second-order valence-electron chi connectivity index (χ2n) is 2.79. The van der Waals surface area contributed by atoms with Gasteiger partial charge in [0.1, 0.15) is 5.03 Å². The summed E-state index contributed by atoms with van der Waals surface area (Å²) in [6.45, 7) is 2.08. The van der Waals surface area contributed by atoms with Gasteiger partial charge in [-0.25, -0.2) is 9.98 Å². The number of hydrogen-bond acceptors (Lipinski definition) is 3. The Morgan fingerprint density at radius 2 is 2.42 bits per heavy atom. The van der Waals surface area contributed by atoms with Crippen molar-refractivity contribution in [2.24, 2.45) is 10.9 Å². The number of imidazole rings is 1. The summed E-state index contributed by atoms with van der Waals surface area (Å²) < 4.78 is 1.86. The molecule has 0 amide bonds. The van der Waals surface area contributed by atoms with Gasteiger partial charge in [-0.15, -0.1) is 12.6 Å². The van der Waals surface area contributed by atoms with Crippen LogP contribution in [0.1, 0.15) is 6.92 Å². The molecule has 2 heterocycles. The van der Waals surface area contributed by atoms with Crippen LogP contribution in [-0.4, -0.2) is 15.8 Å². The van der Waals surface area contributed by atoms with Crippen LogP contribution in [0.15, 0.2) is 22.3 Å². The molecule has 0 aromatic carbocycles. The summed E-state index contributed by atoms with van der Waals surface area (Å²) >= 11 is 4.13. The number of rotatable bonds is 0. The number of aliphatic imine (C=N–C) groups is 1. The van der Waals surface area contributed by atoms with E-state index in [0.717, 1.165) is 0 Å². The van der Waals surface area contributed by atoms with Gasteiger partial charge >= 0.3 is 0 Å². The molecule has 0 N–H and O–H groups in total. The molecule has 1 aliphatic heterocycles. The van der Waals surface area contributed by atoms with Gasteiger partial charge < -0.3 is 0 Å². The van der Waals surface area contributed by atoms with Gasteiger partial charge in [0.2, 0.25) is 5.95 Å². The normalized spacial score (nSPS) is 20.7. The molecule has 1 aliphatic rings. The van der Waals surface area contributed by atoms with Crippen molar-refractivity contribution >= 4 is 31.0 Å². The van der Waals surface area contributed by atoms with Crippen LogP contribution in [-0.2, 0) is 0 Å². The minimum Gasteiger partial charge on any atom is -0.290 e. The van der Waals surface area contributed by atoms with Crippen molar-refractivity contribution in [1.29, 1.82) is 0 Å². The third-order valence-electron chi connectivity index (χ3n) is 1.68. The van der Waals surface area contributed by atoms with E-state index >= 15 is 0 Å². The Hall–Kier alpha value is -1.03. The van der Waals surface area contributed by atoms with Crippen molar-refractivity contribution < 1.29 is 0 Å². The smallest absolute Gasteiger partial charge is 0.234 e. The summed E-state index contributed by atoms with van der Waals surface area (Å²) in [4.78, 5) is 8.33. The molecule has 0 saturated heterocycles. The van der Waals surface area contributed by atoms with Gasteiger partial charge in [0.15, 0.2) is 0 Å². The highest BCUT2D eigenvalue weighted by Crippen LogP contribution is 2.18. The standard InChI is InChI=1S/C8H9N3S/c1-6-2-3-11-5-7(12)10-8(11)9-4-6/h2-6,12H,1H3. The average molecular weight is 179 g/mol. The zero-order chi connectivity index (χ0) is 8.55. The van der Waals surface area contributed by atoms with Crippen molar-refractivity contribution in [2.45, 2.75) is 11.9 Å². The molecular formula is C8H9N3S. The van der Waals surface area contributed by atoms with E-state index in [-0.39, 0.29) is 0 Å². The Kier molecular flexibility index (Phi) is 1.77. The van der Waals surface area contributed by atoms with Gasteiger partial charge in [-0.3, -0.25) is 4.57 Å². The summed E-state index contributed by atoms with van der Waals surface area (Å²) in [6.07, 6.45) is 7.73. The lowest BCUT2D eigenvalue weighted by atomic mass is 10.2. The van der Waals surface area contributed by atoms with Crippen molar-refractivity contribution in [3.05, 3.63) is 12.3 Å². The number of thiol groups is 1. The molecule has 0 spiro atoms. The monoisotopic (exact) mass is 179 g/mol. The topological polar surface area (TPSA) is 30.2 Å². The van der Waals surface area contributed by atoms with E-state index in [0.29, 0.717) is 16.9 Å². The predicted molar refractivity (Wildman–Crippen MR) is 52.1 cm³/mol. The molecule has 0 aliphatic carbocycles. The molecule has 1 aromatic heterocycles. The second kappa shape index (κ2) is 2.79. The highest BCUT2D eigenvalue weighted by atomic mass is 32.1. The summed E-state index contributed by atoms with van der Waals surface area (Å²) in [5.41, 5.74) is 0. The molecule has 2 rings (SSSR count). The van der Waals surface area contributed by atoms with Crippen molar-refractivity contribution in [3.8, 4) is 0 Å². The molecule has 1 unspecified atom stereocenters. The fourth-order valence-electron chi connectivity index (χ4n) is 1.04. The summed E-state index contributed by atoms with van der Waals surface area (Å²) in [7, 11) is 0. The third-order valence-corrected chi connectivity index (χ3v) is 1.89. The van der Waals surface area contributed by atoms with Gasteiger partial charge in [-0.2, -0.15) is 0 Å². The maximum Gasteiger partial charge on any atom is 0.234 e. The minimum absolute atomic E-state index is 0.370. The molecule has 1 atom stereocenters. The Balaban J connectivity index is 2.49. The first-order valence-electron chi connectivity index (χ1n) is 3.76. The lowest BCUT2D eigenvalue weighted by Crippen LogP contribution is -1.87. The maximum absolute atomic E-state index is 4.20. The molecule has 4 heteroatoms. The van der Waals surface area contributed by atoms with Crippen LogP contribution >= 0.6 is 12.6 Å². The molecule has 62 valence electrons. The number of allylic oxidation sites excluding steroid dienone is 1. The van der Waals surface area contributed by atoms with Crippen LogP contribution in [0.2, 0.25) is 0 Å². The lowest BCUT2D eigenvalue weighted by molar-refractivity contribution is 1.03. The highest BCUT2D eigenvalue weighted by Gasteiger charge is 2.04. The number of fused-ring (bicyclic) bond motifs is 1. The first-order valence-corrected chi connectivity index (χ1v) is 4.21. The van der Waals surface area contributed by atoms with Gasteiger partial charge in [-0.05, 0) is 0 Å². The Labute approximate surface area is 76.2 Å². The quantitative estimate of drug-likeness (QED) is 0.606. The zero-order valence-electron chi connectivity index (χ0n) is 6.68. The molecule has 0 fully saturated rings. The van der Waals surface area contributed by atoms with E-state index in [1.165, 1.54) is 0 Å². The Morgan fingerprint density at radius 1 is 1.58 bits per heavy atom. The van der Waals surface area contributed by atoms with Crippen molar-refractivity contribution in [2.75, 3.05) is 0 Å². The van der Waals surface area contributed by atoms with E-state index in [9.17, 15) is 0 Å². The van der Waals surface area contributed by atoms with Crippen molar-refractivity contribution in [1.82, 2.24) is 9.55 Å². The Bertz CT molecular complexity index is 320. The molecule has 1 aromatic rings. The number of aromatic nitrogens is 2. The van der Waals surface area contributed by atoms with E-state index in [4.69, 9.17) is 0 Å². The molecule has 0 bridgehead atoms. The fraction of sp³-hybridized carbons (Fsp3) is 0.250. The number of hydrogen-bond donors (Lipinski definition) is 1. The largest absolute Gasteiger partial charge is 0.290 e. The van der Waals surface area contributed by atoms with Gasteiger partial charge in [-0.1, -0.05) is 13.0 Å².